The molecule has 1 unspecified atom stereocenters. The number of hydrogen-bond donors (Lipinski definition) is 3. The molecular weight excluding hydrogens is 479 g/mol. The van der Waals surface area contributed by atoms with Crippen LogP contribution in [0.4, 0.5) is 5.69 Å². The minimum absolute atomic E-state index is 0. The van der Waals surface area contributed by atoms with Gasteiger partial charge in [0.05, 0.1) is 6.61 Å². The van der Waals surface area contributed by atoms with Crippen molar-refractivity contribution in [3.8, 4) is 5.75 Å². The molecule has 7 heteroatoms. The number of carbonyl (C=O) groups excluding carboxylic acids is 1. The summed E-state index contributed by atoms with van der Waals surface area (Å²) >= 11 is 0. The third-order valence-electron chi connectivity index (χ3n) is 4.75. The van der Waals surface area contributed by atoms with Crippen molar-refractivity contribution in [1.29, 1.82) is 0 Å². The van der Waals surface area contributed by atoms with Gasteiger partial charge in [-0.3, -0.25) is 9.79 Å². The molecule has 1 aliphatic heterocycles. The Hall–Kier alpha value is -2.29. The number of rotatable bonds is 7. The van der Waals surface area contributed by atoms with E-state index >= 15 is 0 Å². The molecule has 0 aliphatic carbocycles. The molecule has 29 heavy (non-hydrogen) atoms. The van der Waals surface area contributed by atoms with Crippen LogP contribution in [0.1, 0.15) is 29.9 Å². The number of hydrogen-bond acceptors (Lipinski definition) is 3. The number of aliphatic imine (C=N–C) groups is 1. The third kappa shape index (κ3) is 6.92. The molecule has 0 bridgehead atoms. The summed E-state index contributed by atoms with van der Waals surface area (Å²) in [5.74, 6) is 1.82. The minimum Gasteiger partial charge on any atom is -0.494 e. The highest BCUT2D eigenvalue weighted by atomic mass is 127. The highest BCUT2D eigenvalue weighted by molar-refractivity contribution is 14.0. The maximum Gasteiger partial charge on any atom is 0.225 e. The van der Waals surface area contributed by atoms with Crippen LogP contribution in [0.15, 0.2) is 53.5 Å². The molecule has 1 atom stereocenters. The van der Waals surface area contributed by atoms with E-state index in [1.165, 1.54) is 5.56 Å². The van der Waals surface area contributed by atoms with E-state index in [-0.39, 0.29) is 35.8 Å². The van der Waals surface area contributed by atoms with Crippen LogP contribution in [-0.4, -0.2) is 38.6 Å². The second-order valence-electron chi connectivity index (χ2n) is 6.93. The van der Waals surface area contributed by atoms with Gasteiger partial charge in [0, 0.05) is 38.2 Å². The maximum absolute atomic E-state index is 11.9. The number of nitrogens with zero attached hydrogens (tertiary/aromatic N) is 1. The van der Waals surface area contributed by atoms with E-state index in [1.54, 1.807) is 7.05 Å². The van der Waals surface area contributed by atoms with Crippen LogP contribution in [0.25, 0.3) is 0 Å². The first-order valence-corrected chi connectivity index (χ1v) is 9.68. The fourth-order valence-corrected chi connectivity index (χ4v) is 3.23. The van der Waals surface area contributed by atoms with E-state index in [0.717, 1.165) is 35.9 Å². The number of anilines is 1. The predicted octanol–water partition coefficient (Wildman–Crippen LogP) is 3.67. The van der Waals surface area contributed by atoms with Gasteiger partial charge in [-0.1, -0.05) is 35.9 Å². The Bertz CT molecular complexity index is 824. The molecule has 0 saturated carbocycles. The molecule has 3 rings (SSSR count). The van der Waals surface area contributed by atoms with Gasteiger partial charge in [0.15, 0.2) is 5.96 Å². The number of halogens is 1. The first kappa shape index (κ1) is 23.0. The van der Waals surface area contributed by atoms with Gasteiger partial charge >= 0.3 is 0 Å². The zero-order valence-corrected chi connectivity index (χ0v) is 19.2. The molecule has 0 aromatic heterocycles. The Labute approximate surface area is 189 Å². The molecule has 2 aromatic carbocycles. The van der Waals surface area contributed by atoms with Gasteiger partial charge in [0.2, 0.25) is 5.91 Å². The van der Waals surface area contributed by atoms with Crippen molar-refractivity contribution >= 4 is 41.5 Å². The summed E-state index contributed by atoms with van der Waals surface area (Å²) in [5.41, 5.74) is 3.29. The summed E-state index contributed by atoms with van der Waals surface area (Å²) < 4.78 is 5.74. The van der Waals surface area contributed by atoms with Gasteiger partial charge < -0.3 is 20.7 Å². The SMILES string of the molecule is CN=C(NCCCOc1ccc(C)cc1)NCC1CC(=O)Nc2ccccc21.I. The molecule has 1 heterocycles. The first-order valence-electron chi connectivity index (χ1n) is 9.68. The van der Waals surface area contributed by atoms with Crippen LogP contribution >= 0.6 is 24.0 Å². The number of benzene rings is 2. The van der Waals surface area contributed by atoms with E-state index in [4.69, 9.17) is 4.74 Å². The first-order chi connectivity index (χ1) is 13.7. The zero-order valence-electron chi connectivity index (χ0n) is 16.9. The summed E-state index contributed by atoms with van der Waals surface area (Å²) in [7, 11) is 1.75. The average Bonchev–Trinajstić information content (AvgIpc) is 2.71. The number of amides is 1. The van der Waals surface area contributed by atoms with Crippen molar-refractivity contribution in [3.05, 3.63) is 59.7 Å². The van der Waals surface area contributed by atoms with E-state index in [2.05, 4.69) is 33.9 Å². The van der Waals surface area contributed by atoms with Crippen LogP contribution in [-0.2, 0) is 4.79 Å². The van der Waals surface area contributed by atoms with E-state index in [9.17, 15) is 4.79 Å². The monoisotopic (exact) mass is 508 g/mol. The Morgan fingerprint density at radius 3 is 2.69 bits per heavy atom. The molecular formula is C22H29IN4O2. The summed E-state index contributed by atoms with van der Waals surface area (Å²) in [5, 5.41) is 9.56. The highest BCUT2D eigenvalue weighted by Crippen LogP contribution is 2.31. The summed E-state index contributed by atoms with van der Waals surface area (Å²) in [6, 6.07) is 16.0. The number of aryl methyl sites for hydroxylation is 1. The van der Waals surface area contributed by atoms with Crippen molar-refractivity contribution in [2.24, 2.45) is 4.99 Å². The lowest BCUT2D eigenvalue weighted by Crippen LogP contribution is -2.41. The summed E-state index contributed by atoms with van der Waals surface area (Å²) in [6.45, 7) is 4.12. The molecule has 1 aliphatic rings. The molecule has 2 aromatic rings. The van der Waals surface area contributed by atoms with Gasteiger partial charge in [-0.15, -0.1) is 24.0 Å². The van der Waals surface area contributed by atoms with E-state index < -0.39 is 0 Å². The third-order valence-corrected chi connectivity index (χ3v) is 4.75. The quantitative estimate of drug-likeness (QED) is 0.231. The number of carbonyl (C=O) groups is 1. The fraction of sp³-hybridized carbons (Fsp3) is 0.364. The number of fused-ring (bicyclic) bond motifs is 1. The number of para-hydroxylation sites is 1. The lowest BCUT2D eigenvalue weighted by atomic mass is 9.90. The number of guanidine groups is 1. The standard InChI is InChI=1S/C22H28N4O2.HI/c1-16-8-10-18(11-9-16)28-13-5-12-24-22(23-2)25-15-17-14-21(27)26-20-7-4-3-6-19(17)20;/h3-4,6-11,17H,5,12-15H2,1-2H3,(H,26,27)(H2,23,24,25);1H. The number of nitrogens with one attached hydrogen (secondary N) is 3. The Balaban J connectivity index is 0.00000300. The van der Waals surface area contributed by atoms with Gasteiger partial charge in [0.25, 0.3) is 0 Å². The second kappa shape index (κ2) is 11.6. The molecule has 0 radical (unpaired) electrons. The Morgan fingerprint density at radius 1 is 1.17 bits per heavy atom. The maximum atomic E-state index is 11.9. The van der Waals surface area contributed by atoms with Gasteiger partial charge in [-0.05, 0) is 37.1 Å². The Morgan fingerprint density at radius 2 is 1.93 bits per heavy atom. The van der Waals surface area contributed by atoms with Gasteiger partial charge in [-0.25, -0.2) is 0 Å². The van der Waals surface area contributed by atoms with E-state index in [0.29, 0.717) is 19.6 Å². The molecule has 0 saturated heterocycles. The second-order valence-corrected chi connectivity index (χ2v) is 6.93. The Kier molecular flexibility index (Phi) is 9.24. The lowest BCUT2D eigenvalue weighted by Gasteiger charge is -2.26. The van der Waals surface area contributed by atoms with Crippen molar-refractivity contribution in [3.63, 3.8) is 0 Å². The van der Waals surface area contributed by atoms with Crippen molar-refractivity contribution in [2.45, 2.75) is 25.7 Å². The normalized spacial score (nSPS) is 15.6. The lowest BCUT2D eigenvalue weighted by molar-refractivity contribution is -0.116. The number of ether oxygens (including phenoxy) is 1. The summed E-state index contributed by atoms with van der Waals surface area (Å²) in [6.07, 6.45) is 1.34. The van der Waals surface area contributed by atoms with Crippen LogP contribution in [0.5, 0.6) is 5.75 Å². The summed E-state index contributed by atoms with van der Waals surface area (Å²) in [4.78, 5) is 16.2. The van der Waals surface area contributed by atoms with Gasteiger partial charge in [0.1, 0.15) is 5.75 Å². The smallest absolute Gasteiger partial charge is 0.225 e. The van der Waals surface area contributed by atoms with Crippen molar-refractivity contribution in [2.75, 3.05) is 32.1 Å². The van der Waals surface area contributed by atoms with Crippen LogP contribution in [0.3, 0.4) is 0 Å². The predicted molar refractivity (Wildman–Crippen MR) is 129 cm³/mol. The highest BCUT2D eigenvalue weighted by Gasteiger charge is 2.24. The molecule has 0 spiro atoms. The molecule has 0 fully saturated rings. The van der Waals surface area contributed by atoms with Gasteiger partial charge in [-0.2, -0.15) is 0 Å². The van der Waals surface area contributed by atoms with Crippen LogP contribution < -0.4 is 20.7 Å². The fourth-order valence-electron chi connectivity index (χ4n) is 3.23. The zero-order chi connectivity index (χ0) is 19.8. The van der Waals surface area contributed by atoms with Crippen molar-refractivity contribution < 1.29 is 9.53 Å². The molecule has 3 N–H and O–H groups in total. The van der Waals surface area contributed by atoms with Crippen LogP contribution in [0, 0.1) is 6.92 Å². The molecule has 156 valence electrons. The molecule has 6 nitrogen and oxygen atoms in total. The topological polar surface area (TPSA) is 74.8 Å². The van der Waals surface area contributed by atoms with E-state index in [1.807, 2.05) is 42.5 Å². The largest absolute Gasteiger partial charge is 0.494 e. The minimum atomic E-state index is 0. The average molecular weight is 508 g/mol. The van der Waals surface area contributed by atoms with Crippen LogP contribution in [0.2, 0.25) is 0 Å². The van der Waals surface area contributed by atoms with Crippen molar-refractivity contribution in [1.82, 2.24) is 10.6 Å². The molecule has 1 amide bonds.